The van der Waals surface area contributed by atoms with Crippen LogP contribution in [0.3, 0.4) is 0 Å². The third-order valence-corrected chi connectivity index (χ3v) is 11.6. The van der Waals surface area contributed by atoms with Crippen LogP contribution in [0.25, 0.3) is 0 Å². The fourth-order valence-electron chi connectivity index (χ4n) is 4.58. The molecule has 100 valence electrons. The lowest BCUT2D eigenvalue weighted by Crippen LogP contribution is -2.36. The highest BCUT2D eigenvalue weighted by Crippen LogP contribution is 2.53. The molecule has 2 saturated carbocycles. The van der Waals surface area contributed by atoms with E-state index < -0.39 is 8.07 Å². The Morgan fingerprint density at radius 1 is 0.765 bits per heavy atom. The maximum absolute atomic E-state index is 2.72. The molecule has 1 heteroatoms. The molecule has 0 aromatic rings. The normalized spacial score (nSPS) is 38.8. The zero-order valence-electron chi connectivity index (χ0n) is 12.5. The van der Waals surface area contributed by atoms with Crippen LogP contribution in [0.2, 0.25) is 24.2 Å². The first-order chi connectivity index (χ1) is 8.07. The molecule has 17 heavy (non-hydrogen) atoms. The zero-order chi connectivity index (χ0) is 12.5. The lowest BCUT2D eigenvalue weighted by atomic mass is 10.1. The molecule has 0 bridgehead atoms. The second-order valence-electron chi connectivity index (χ2n) is 7.39. The molecule has 0 radical (unpaired) electrons. The second kappa shape index (κ2) is 5.46. The highest BCUT2D eigenvalue weighted by molar-refractivity contribution is 6.80. The number of rotatable bonds is 4. The molecule has 0 amide bonds. The molecule has 0 N–H and O–H groups in total. The van der Waals surface area contributed by atoms with Crippen LogP contribution in [0.4, 0.5) is 0 Å². The fraction of sp³-hybridized carbons (Fsp3) is 1.00. The van der Waals surface area contributed by atoms with Gasteiger partial charge in [0.05, 0.1) is 8.07 Å². The van der Waals surface area contributed by atoms with Crippen LogP contribution >= 0.6 is 0 Å². The van der Waals surface area contributed by atoms with Crippen LogP contribution in [0.15, 0.2) is 0 Å². The minimum absolute atomic E-state index is 0.953. The Morgan fingerprint density at radius 3 is 1.47 bits per heavy atom. The van der Waals surface area contributed by atoms with E-state index in [1.165, 1.54) is 12.8 Å². The summed E-state index contributed by atoms with van der Waals surface area (Å²) in [7, 11) is -0.953. The van der Waals surface area contributed by atoms with Crippen molar-refractivity contribution in [2.75, 3.05) is 0 Å². The summed E-state index contributed by atoms with van der Waals surface area (Å²) < 4.78 is 0. The summed E-state index contributed by atoms with van der Waals surface area (Å²) in [5, 5.41) is 0. The van der Waals surface area contributed by atoms with Crippen molar-refractivity contribution in [2.45, 2.75) is 89.4 Å². The molecule has 0 aliphatic heterocycles. The van der Waals surface area contributed by atoms with Crippen molar-refractivity contribution in [1.29, 1.82) is 0 Å². The van der Waals surface area contributed by atoms with E-state index in [9.17, 15) is 0 Å². The third-order valence-electron chi connectivity index (χ3n) is 6.34. The van der Waals surface area contributed by atoms with E-state index in [1.807, 2.05) is 0 Å². The number of hydrogen-bond donors (Lipinski definition) is 0. The van der Waals surface area contributed by atoms with Gasteiger partial charge in [0, 0.05) is 0 Å². The van der Waals surface area contributed by atoms with Crippen molar-refractivity contribution in [3.63, 3.8) is 0 Å². The van der Waals surface area contributed by atoms with Crippen molar-refractivity contribution in [3.05, 3.63) is 0 Å². The monoisotopic (exact) mass is 252 g/mol. The van der Waals surface area contributed by atoms with Crippen molar-refractivity contribution in [1.82, 2.24) is 0 Å². The molecule has 0 aromatic heterocycles. The van der Waals surface area contributed by atoms with Gasteiger partial charge < -0.3 is 0 Å². The Kier molecular flexibility index (Phi) is 4.38. The fourth-order valence-corrected chi connectivity index (χ4v) is 8.95. The highest BCUT2D eigenvalue weighted by atomic mass is 28.3. The molecule has 2 aliphatic rings. The summed E-state index contributed by atoms with van der Waals surface area (Å²) in [6.07, 6.45) is 12.3. The minimum atomic E-state index is -0.953. The molecule has 2 rings (SSSR count). The van der Waals surface area contributed by atoms with Crippen LogP contribution in [-0.4, -0.2) is 8.07 Å². The lowest BCUT2D eigenvalue weighted by Gasteiger charge is -2.36. The molecule has 2 fully saturated rings. The summed E-state index contributed by atoms with van der Waals surface area (Å²) in [5.41, 5.74) is 2.32. The van der Waals surface area contributed by atoms with Gasteiger partial charge in [-0.3, -0.25) is 0 Å². The van der Waals surface area contributed by atoms with Gasteiger partial charge in [0.25, 0.3) is 0 Å². The van der Waals surface area contributed by atoms with Gasteiger partial charge >= 0.3 is 0 Å². The maximum Gasteiger partial charge on any atom is 0.0536 e. The smallest absolute Gasteiger partial charge is 0.0536 e. The Bertz CT molecular complexity index is 222. The van der Waals surface area contributed by atoms with E-state index in [-0.39, 0.29) is 0 Å². The molecular formula is C16H32Si. The first-order valence-electron chi connectivity index (χ1n) is 8.07. The third kappa shape index (κ3) is 2.80. The van der Waals surface area contributed by atoms with Gasteiger partial charge in [-0.15, -0.1) is 0 Å². The standard InChI is InChI=1S/C16H32Si/c1-5-13-7-9-15(11-13)17(3,4)16-10-8-14(6-2)12-16/h13-16H,5-12H2,1-4H3/t13?,14?,15-,16+. The molecule has 2 unspecified atom stereocenters. The summed E-state index contributed by atoms with van der Waals surface area (Å²) in [6.45, 7) is 10.2. The molecule has 0 aromatic carbocycles. The predicted molar refractivity (Wildman–Crippen MR) is 80.2 cm³/mol. The maximum atomic E-state index is 2.72. The van der Waals surface area contributed by atoms with Crippen molar-refractivity contribution >= 4 is 8.07 Å². The molecule has 4 atom stereocenters. The molecule has 0 nitrogen and oxygen atoms in total. The molecule has 0 spiro atoms. The van der Waals surface area contributed by atoms with E-state index in [0.29, 0.717) is 0 Å². The van der Waals surface area contributed by atoms with E-state index in [2.05, 4.69) is 26.9 Å². The van der Waals surface area contributed by atoms with Crippen LogP contribution in [0.1, 0.15) is 65.2 Å². The number of hydrogen-bond acceptors (Lipinski definition) is 0. The minimum Gasteiger partial charge on any atom is -0.0689 e. The summed E-state index contributed by atoms with van der Waals surface area (Å²) >= 11 is 0. The van der Waals surface area contributed by atoms with E-state index in [4.69, 9.17) is 0 Å². The van der Waals surface area contributed by atoms with Gasteiger partial charge in [-0.1, -0.05) is 65.5 Å². The van der Waals surface area contributed by atoms with Crippen molar-refractivity contribution < 1.29 is 0 Å². The molecular weight excluding hydrogens is 220 g/mol. The zero-order valence-corrected chi connectivity index (χ0v) is 13.5. The van der Waals surface area contributed by atoms with Gasteiger partial charge in [-0.05, 0) is 35.8 Å². The van der Waals surface area contributed by atoms with Gasteiger partial charge in [0.2, 0.25) is 0 Å². The highest BCUT2D eigenvalue weighted by Gasteiger charge is 2.44. The SMILES string of the molecule is CCC1CC[C@@H]([Si](C)(C)[C@H]2CCC(CC)C2)C1. The summed E-state index contributed by atoms with van der Waals surface area (Å²) in [5.74, 6) is 2.16. The van der Waals surface area contributed by atoms with Crippen LogP contribution < -0.4 is 0 Å². The Morgan fingerprint density at radius 2 is 1.18 bits per heavy atom. The van der Waals surface area contributed by atoms with Crippen LogP contribution in [0.5, 0.6) is 0 Å². The Hall–Kier alpha value is 0.217. The second-order valence-corrected chi connectivity index (χ2v) is 12.7. The average Bonchev–Trinajstić information content (AvgIpc) is 2.98. The quantitative estimate of drug-likeness (QED) is 0.550. The predicted octanol–water partition coefficient (Wildman–Crippen LogP) is 5.86. The first kappa shape index (κ1) is 13.6. The largest absolute Gasteiger partial charge is 0.0689 e. The topological polar surface area (TPSA) is 0 Å². The first-order valence-corrected chi connectivity index (χ1v) is 11.2. The summed E-state index contributed by atoms with van der Waals surface area (Å²) in [4.78, 5) is 0. The lowest BCUT2D eigenvalue weighted by molar-refractivity contribution is 0.523. The van der Waals surface area contributed by atoms with Gasteiger partial charge in [0.15, 0.2) is 0 Å². The Labute approximate surface area is 110 Å². The molecule has 0 saturated heterocycles. The van der Waals surface area contributed by atoms with E-state index >= 15 is 0 Å². The Balaban J connectivity index is 1.94. The van der Waals surface area contributed by atoms with Gasteiger partial charge in [-0.2, -0.15) is 0 Å². The van der Waals surface area contributed by atoms with Gasteiger partial charge in [-0.25, -0.2) is 0 Å². The molecule has 2 aliphatic carbocycles. The van der Waals surface area contributed by atoms with Gasteiger partial charge in [0.1, 0.15) is 0 Å². The van der Waals surface area contributed by atoms with Crippen LogP contribution in [0, 0.1) is 11.8 Å². The van der Waals surface area contributed by atoms with Crippen LogP contribution in [-0.2, 0) is 0 Å². The molecule has 0 heterocycles. The average molecular weight is 253 g/mol. The summed E-state index contributed by atoms with van der Waals surface area (Å²) in [6, 6.07) is 0. The van der Waals surface area contributed by atoms with E-state index in [0.717, 1.165) is 22.9 Å². The van der Waals surface area contributed by atoms with Crippen molar-refractivity contribution in [2.24, 2.45) is 11.8 Å². The van der Waals surface area contributed by atoms with Crippen molar-refractivity contribution in [3.8, 4) is 0 Å². The van der Waals surface area contributed by atoms with E-state index in [1.54, 1.807) is 38.5 Å².